The van der Waals surface area contributed by atoms with E-state index in [0.29, 0.717) is 0 Å². The van der Waals surface area contributed by atoms with E-state index in [1.165, 1.54) is 18.3 Å². The molecule has 2 N–H and O–H groups in total. The summed E-state index contributed by atoms with van der Waals surface area (Å²) in [5.41, 5.74) is -0.746. The van der Waals surface area contributed by atoms with Crippen molar-refractivity contribution in [3.05, 3.63) is 69.4 Å². The van der Waals surface area contributed by atoms with Gasteiger partial charge in [-0.15, -0.1) is 0 Å². The van der Waals surface area contributed by atoms with E-state index >= 15 is 0 Å². The van der Waals surface area contributed by atoms with E-state index in [1.54, 1.807) is 0 Å². The molecule has 1 heterocycles. The van der Waals surface area contributed by atoms with Crippen molar-refractivity contribution >= 4 is 5.91 Å². The number of aliphatic hydroxyl groups excluding tert-OH is 1. The third-order valence-electron chi connectivity index (χ3n) is 4.37. The summed E-state index contributed by atoms with van der Waals surface area (Å²) in [6, 6.07) is 3.98. The standard InChI is InChI=1S/C18H17F3N2O3/c19-13-6-10(7-14(20)16(13)21)8-23-5-1-2-12(18(23)26)17(25)22-15(9-24)11-3-4-11/h1-2,5-7,11,15,24H,3-4,8-9H2,(H,22,25)/t15-/m0/s1. The summed E-state index contributed by atoms with van der Waals surface area (Å²) >= 11 is 0. The molecule has 0 aliphatic heterocycles. The summed E-state index contributed by atoms with van der Waals surface area (Å²) in [6.07, 6.45) is 3.18. The molecule has 1 aliphatic rings. The first-order valence-corrected chi connectivity index (χ1v) is 8.15. The van der Waals surface area contributed by atoms with Gasteiger partial charge >= 0.3 is 0 Å². The normalized spacial score (nSPS) is 14.9. The molecule has 0 saturated heterocycles. The Hall–Kier alpha value is -2.61. The van der Waals surface area contributed by atoms with Crippen molar-refractivity contribution < 1.29 is 23.1 Å². The first-order valence-electron chi connectivity index (χ1n) is 8.15. The second-order valence-corrected chi connectivity index (χ2v) is 6.33. The van der Waals surface area contributed by atoms with Crippen molar-refractivity contribution in [1.29, 1.82) is 0 Å². The van der Waals surface area contributed by atoms with Gasteiger partial charge in [-0.2, -0.15) is 0 Å². The Kier molecular flexibility index (Phi) is 5.13. The highest BCUT2D eigenvalue weighted by Crippen LogP contribution is 2.32. The van der Waals surface area contributed by atoms with Crippen LogP contribution in [0.1, 0.15) is 28.8 Å². The Bertz CT molecular complexity index is 870. The first-order chi connectivity index (χ1) is 12.4. The van der Waals surface area contributed by atoms with Gasteiger partial charge in [-0.05, 0) is 48.6 Å². The summed E-state index contributed by atoms with van der Waals surface area (Å²) in [5, 5.41) is 12.0. The highest BCUT2D eigenvalue weighted by Gasteiger charge is 2.32. The number of carbonyl (C=O) groups is 1. The maximum atomic E-state index is 13.3. The van der Waals surface area contributed by atoms with Crippen LogP contribution in [-0.2, 0) is 6.54 Å². The third kappa shape index (κ3) is 3.80. The molecule has 2 aromatic rings. The summed E-state index contributed by atoms with van der Waals surface area (Å²) in [4.78, 5) is 24.8. The van der Waals surface area contributed by atoms with Crippen molar-refractivity contribution in [1.82, 2.24) is 9.88 Å². The van der Waals surface area contributed by atoms with Crippen LogP contribution in [0.4, 0.5) is 13.2 Å². The van der Waals surface area contributed by atoms with Crippen LogP contribution in [0, 0.1) is 23.4 Å². The molecule has 1 aliphatic carbocycles. The van der Waals surface area contributed by atoms with Crippen LogP contribution in [0.15, 0.2) is 35.3 Å². The maximum Gasteiger partial charge on any atom is 0.263 e. The maximum absolute atomic E-state index is 13.3. The Morgan fingerprint density at radius 1 is 1.27 bits per heavy atom. The molecular formula is C18H17F3N2O3. The van der Waals surface area contributed by atoms with Gasteiger partial charge < -0.3 is 15.0 Å². The van der Waals surface area contributed by atoms with Gasteiger partial charge in [-0.1, -0.05) is 0 Å². The number of aromatic nitrogens is 1. The predicted molar refractivity (Wildman–Crippen MR) is 87.2 cm³/mol. The topological polar surface area (TPSA) is 71.3 Å². The minimum Gasteiger partial charge on any atom is -0.394 e. The molecule has 1 aromatic heterocycles. The summed E-state index contributed by atoms with van der Waals surface area (Å²) in [6.45, 7) is -0.439. The number of rotatable bonds is 6. The molecule has 5 nitrogen and oxygen atoms in total. The molecule has 26 heavy (non-hydrogen) atoms. The molecule has 3 rings (SSSR count). The molecule has 1 fully saturated rings. The van der Waals surface area contributed by atoms with E-state index in [9.17, 15) is 27.9 Å². The third-order valence-corrected chi connectivity index (χ3v) is 4.37. The van der Waals surface area contributed by atoms with Gasteiger partial charge in [0, 0.05) is 6.20 Å². The van der Waals surface area contributed by atoms with Crippen LogP contribution in [0.25, 0.3) is 0 Å². The Morgan fingerprint density at radius 2 is 1.92 bits per heavy atom. The number of carbonyl (C=O) groups excluding carboxylic acids is 1. The fraction of sp³-hybridized carbons (Fsp3) is 0.333. The lowest BCUT2D eigenvalue weighted by atomic mass is 10.1. The van der Waals surface area contributed by atoms with E-state index in [4.69, 9.17) is 0 Å². The van der Waals surface area contributed by atoms with Gasteiger partial charge in [0.2, 0.25) is 0 Å². The predicted octanol–water partition coefficient (Wildman–Crippen LogP) is 1.81. The van der Waals surface area contributed by atoms with Gasteiger partial charge in [0.25, 0.3) is 11.5 Å². The summed E-state index contributed by atoms with van der Waals surface area (Å²) in [5.74, 6) is -4.69. The Morgan fingerprint density at radius 3 is 2.50 bits per heavy atom. The fourth-order valence-electron chi connectivity index (χ4n) is 2.79. The van der Waals surface area contributed by atoms with E-state index in [2.05, 4.69) is 5.32 Å². The number of hydrogen-bond acceptors (Lipinski definition) is 3. The number of nitrogens with one attached hydrogen (secondary N) is 1. The number of amides is 1. The lowest BCUT2D eigenvalue weighted by Gasteiger charge is -2.15. The zero-order valence-electron chi connectivity index (χ0n) is 13.7. The van der Waals surface area contributed by atoms with E-state index in [1.807, 2.05) is 0 Å². The molecule has 0 radical (unpaired) electrons. The van der Waals surface area contributed by atoms with Crippen LogP contribution >= 0.6 is 0 Å². The SMILES string of the molecule is O=C(N[C@@H](CO)C1CC1)c1cccn(Cc2cc(F)c(F)c(F)c2)c1=O. The Labute approximate surface area is 147 Å². The van der Waals surface area contributed by atoms with Crippen molar-refractivity contribution in [2.24, 2.45) is 5.92 Å². The number of halogens is 3. The van der Waals surface area contributed by atoms with Crippen molar-refractivity contribution in [2.45, 2.75) is 25.4 Å². The van der Waals surface area contributed by atoms with Gasteiger partial charge in [0.1, 0.15) is 5.56 Å². The van der Waals surface area contributed by atoms with Crippen molar-refractivity contribution in [3.63, 3.8) is 0 Å². The zero-order chi connectivity index (χ0) is 18.8. The van der Waals surface area contributed by atoms with E-state index in [-0.39, 0.29) is 30.2 Å². The molecule has 138 valence electrons. The van der Waals surface area contributed by atoms with Gasteiger partial charge in [0.15, 0.2) is 17.5 Å². The van der Waals surface area contributed by atoms with Gasteiger partial charge in [-0.25, -0.2) is 13.2 Å². The zero-order valence-corrected chi connectivity index (χ0v) is 13.7. The van der Waals surface area contributed by atoms with E-state index < -0.39 is 35.0 Å². The lowest BCUT2D eigenvalue weighted by Crippen LogP contribution is -2.42. The summed E-state index contributed by atoms with van der Waals surface area (Å²) < 4.78 is 40.8. The molecule has 1 saturated carbocycles. The van der Waals surface area contributed by atoms with E-state index in [0.717, 1.165) is 29.5 Å². The van der Waals surface area contributed by atoms with Crippen LogP contribution in [0.2, 0.25) is 0 Å². The number of pyridine rings is 1. The highest BCUT2D eigenvalue weighted by atomic mass is 19.2. The van der Waals surface area contributed by atoms with Crippen molar-refractivity contribution in [3.8, 4) is 0 Å². The van der Waals surface area contributed by atoms with Crippen LogP contribution < -0.4 is 10.9 Å². The molecule has 1 aromatic carbocycles. The minimum absolute atomic E-state index is 0.0484. The molecule has 8 heteroatoms. The Balaban J connectivity index is 1.83. The largest absolute Gasteiger partial charge is 0.394 e. The second-order valence-electron chi connectivity index (χ2n) is 6.33. The number of hydrogen-bond donors (Lipinski definition) is 2. The monoisotopic (exact) mass is 366 g/mol. The second kappa shape index (κ2) is 7.33. The van der Waals surface area contributed by atoms with Crippen LogP contribution in [0.3, 0.4) is 0 Å². The number of nitrogens with zero attached hydrogens (tertiary/aromatic N) is 1. The average molecular weight is 366 g/mol. The molecule has 0 spiro atoms. The quantitative estimate of drug-likeness (QED) is 0.766. The summed E-state index contributed by atoms with van der Waals surface area (Å²) in [7, 11) is 0. The lowest BCUT2D eigenvalue weighted by molar-refractivity contribution is 0.0906. The van der Waals surface area contributed by atoms with Gasteiger partial charge in [-0.3, -0.25) is 9.59 Å². The molecule has 1 amide bonds. The molecule has 1 atom stereocenters. The minimum atomic E-state index is -1.58. The number of benzene rings is 1. The first kappa shape index (κ1) is 18.2. The van der Waals surface area contributed by atoms with Crippen LogP contribution in [-0.4, -0.2) is 28.2 Å². The molecular weight excluding hydrogens is 349 g/mol. The fourth-order valence-corrected chi connectivity index (χ4v) is 2.79. The highest BCUT2D eigenvalue weighted by molar-refractivity contribution is 5.94. The van der Waals surface area contributed by atoms with Crippen molar-refractivity contribution in [2.75, 3.05) is 6.61 Å². The smallest absolute Gasteiger partial charge is 0.263 e. The molecule has 0 bridgehead atoms. The number of aliphatic hydroxyl groups is 1. The average Bonchev–Trinajstić information content (AvgIpc) is 3.44. The van der Waals surface area contributed by atoms with Gasteiger partial charge in [0.05, 0.1) is 19.2 Å². The molecule has 0 unspecified atom stereocenters. The van der Waals surface area contributed by atoms with Crippen LogP contribution in [0.5, 0.6) is 0 Å².